The third-order valence-electron chi connectivity index (χ3n) is 2.74. The second kappa shape index (κ2) is 6.96. The van der Waals surface area contributed by atoms with Crippen LogP contribution in [0.4, 0.5) is 5.69 Å². The van der Waals surface area contributed by atoms with E-state index in [9.17, 15) is 4.21 Å². The number of hydrogen-bond acceptors (Lipinski definition) is 4. The summed E-state index contributed by atoms with van der Waals surface area (Å²) in [5.74, 6) is 1.96. The van der Waals surface area contributed by atoms with Crippen molar-refractivity contribution in [3.8, 4) is 11.5 Å². The zero-order chi connectivity index (χ0) is 14.4. The molecule has 0 aliphatic carbocycles. The van der Waals surface area contributed by atoms with E-state index in [-0.39, 0.29) is 0 Å². The van der Waals surface area contributed by atoms with Crippen LogP contribution in [0.1, 0.15) is 0 Å². The average Bonchev–Trinajstić information content (AvgIpc) is 2.48. The zero-order valence-corrected chi connectivity index (χ0v) is 12.1. The Labute approximate surface area is 121 Å². The number of anilines is 1. The molecule has 2 aromatic carbocycles. The van der Waals surface area contributed by atoms with Crippen LogP contribution in [0.15, 0.2) is 53.4 Å². The largest absolute Gasteiger partial charge is 0.497 e. The highest BCUT2D eigenvalue weighted by atomic mass is 32.2. The second-order valence-corrected chi connectivity index (χ2v) is 5.71. The highest BCUT2D eigenvalue weighted by molar-refractivity contribution is 7.85. The lowest BCUT2D eigenvalue weighted by Gasteiger charge is -2.07. The molecule has 0 spiro atoms. The Balaban J connectivity index is 1.82. The van der Waals surface area contributed by atoms with Crippen molar-refractivity contribution in [2.75, 3.05) is 25.2 Å². The summed E-state index contributed by atoms with van der Waals surface area (Å²) in [7, 11) is 0.540. The zero-order valence-electron chi connectivity index (χ0n) is 11.2. The molecule has 20 heavy (non-hydrogen) atoms. The normalized spacial score (nSPS) is 11.8. The first-order valence-electron chi connectivity index (χ1n) is 6.20. The Kier molecular flexibility index (Phi) is 5.01. The molecule has 4 nitrogen and oxygen atoms in total. The quantitative estimate of drug-likeness (QED) is 0.831. The van der Waals surface area contributed by atoms with E-state index >= 15 is 0 Å². The van der Waals surface area contributed by atoms with Crippen LogP contribution in [0.3, 0.4) is 0 Å². The first kappa shape index (κ1) is 14.4. The Bertz CT molecular complexity index is 567. The Morgan fingerprint density at radius 2 is 1.60 bits per heavy atom. The predicted octanol–water partition coefficient (Wildman–Crippen LogP) is 2.46. The molecule has 0 heterocycles. The van der Waals surface area contributed by atoms with Gasteiger partial charge in [-0.25, -0.2) is 0 Å². The third kappa shape index (κ3) is 3.99. The van der Waals surface area contributed by atoms with Crippen molar-refractivity contribution < 1.29 is 13.7 Å². The van der Waals surface area contributed by atoms with E-state index in [1.165, 1.54) is 0 Å². The van der Waals surface area contributed by atoms with Crippen molar-refractivity contribution in [2.45, 2.75) is 4.90 Å². The molecule has 0 saturated heterocycles. The van der Waals surface area contributed by atoms with Crippen molar-refractivity contribution in [3.05, 3.63) is 48.5 Å². The maximum atomic E-state index is 12.0. The van der Waals surface area contributed by atoms with E-state index in [2.05, 4.69) is 0 Å². The molecular formula is C15H17NO3S. The van der Waals surface area contributed by atoms with Crippen molar-refractivity contribution in [1.82, 2.24) is 0 Å². The summed E-state index contributed by atoms with van der Waals surface area (Å²) >= 11 is 0. The van der Waals surface area contributed by atoms with Gasteiger partial charge in [0.1, 0.15) is 18.1 Å². The van der Waals surface area contributed by atoms with E-state index < -0.39 is 10.8 Å². The highest BCUT2D eigenvalue weighted by Gasteiger charge is 2.04. The summed E-state index contributed by atoms with van der Waals surface area (Å²) < 4.78 is 22.6. The number of methoxy groups -OCH3 is 1. The molecule has 0 aliphatic rings. The SMILES string of the molecule is COc1ccc(OCCS(=O)c2ccc(N)cc2)cc1. The van der Waals surface area contributed by atoms with Gasteiger partial charge in [-0.3, -0.25) is 4.21 Å². The Morgan fingerprint density at radius 1 is 1.00 bits per heavy atom. The molecule has 2 N–H and O–H groups in total. The molecule has 0 aromatic heterocycles. The molecule has 0 bridgehead atoms. The predicted molar refractivity (Wildman–Crippen MR) is 80.6 cm³/mol. The number of rotatable bonds is 6. The molecule has 1 unspecified atom stereocenters. The monoisotopic (exact) mass is 291 g/mol. The maximum absolute atomic E-state index is 12.0. The van der Waals surface area contributed by atoms with Crippen LogP contribution in [0.2, 0.25) is 0 Å². The first-order chi connectivity index (χ1) is 9.69. The number of nitrogens with two attached hydrogens (primary N) is 1. The fourth-order valence-electron chi connectivity index (χ4n) is 1.64. The molecule has 0 saturated carbocycles. The van der Waals surface area contributed by atoms with Crippen LogP contribution in [0.25, 0.3) is 0 Å². The minimum absolute atomic E-state index is 0.392. The van der Waals surface area contributed by atoms with Crippen LogP contribution in [0, 0.1) is 0 Å². The number of benzene rings is 2. The summed E-state index contributed by atoms with van der Waals surface area (Å²) in [5.41, 5.74) is 6.26. The summed E-state index contributed by atoms with van der Waals surface area (Å²) in [6.45, 7) is 0.392. The third-order valence-corrected chi connectivity index (χ3v) is 4.08. The van der Waals surface area contributed by atoms with Crippen LogP contribution < -0.4 is 15.2 Å². The summed E-state index contributed by atoms with van der Waals surface area (Å²) in [4.78, 5) is 0.762. The number of hydrogen-bond donors (Lipinski definition) is 1. The Hall–Kier alpha value is -2.01. The van der Waals surface area contributed by atoms with Gasteiger partial charge < -0.3 is 15.2 Å². The van der Waals surface area contributed by atoms with Crippen molar-refractivity contribution >= 4 is 16.5 Å². The fourth-order valence-corrected chi connectivity index (χ4v) is 2.55. The topological polar surface area (TPSA) is 61.5 Å². The van der Waals surface area contributed by atoms with Crippen molar-refractivity contribution in [1.29, 1.82) is 0 Å². The van der Waals surface area contributed by atoms with Gasteiger partial charge in [0.15, 0.2) is 0 Å². The molecule has 0 fully saturated rings. The van der Waals surface area contributed by atoms with Gasteiger partial charge >= 0.3 is 0 Å². The first-order valence-corrected chi connectivity index (χ1v) is 7.51. The minimum Gasteiger partial charge on any atom is -0.497 e. The van der Waals surface area contributed by atoms with E-state index in [1.807, 2.05) is 24.3 Å². The molecule has 0 aliphatic heterocycles. The second-order valence-electron chi connectivity index (χ2n) is 4.14. The average molecular weight is 291 g/mol. The molecule has 2 rings (SSSR count). The van der Waals surface area contributed by atoms with Crippen LogP contribution >= 0.6 is 0 Å². The van der Waals surface area contributed by atoms with E-state index in [0.717, 1.165) is 16.4 Å². The lowest BCUT2D eigenvalue weighted by atomic mass is 10.3. The van der Waals surface area contributed by atoms with Gasteiger partial charge in [-0.05, 0) is 48.5 Å². The van der Waals surface area contributed by atoms with E-state index in [0.29, 0.717) is 18.0 Å². The van der Waals surface area contributed by atoms with Gasteiger partial charge in [-0.1, -0.05) is 0 Å². The Morgan fingerprint density at radius 3 is 2.20 bits per heavy atom. The van der Waals surface area contributed by atoms with Gasteiger partial charge in [-0.2, -0.15) is 0 Å². The molecular weight excluding hydrogens is 274 g/mol. The van der Waals surface area contributed by atoms with Crippen LogP contribution in [0.5, 0.6) is 11.5 Å². The van der Waals surface area contributed by atoms with Crippen LogP contribution in [-0.4, -0.2) is 23.7 Å². The van der Waals surface area contributed by atoms with Gasteiger partial charge in [-0.15, -0.1) is 0 Å². The lowest BCUT2D eigenvalue weighted by Crippen LogP contribution is -2.08. The van der Waals surface area contributed by atoms with Gasteiger partial charge in [0, 0.05) is 10.6 Å². The summed E-state index contributed by atoms with van der Waals surface area (Å²) in [6, 6.07) is 14.3. The molecule has 5 heteroatoms. The van der Waals surface area contributed by atoms with Gasteiger partial charge in [0.2, 0.25) is 0 Å². The minimum atomic E-state index is -1.08. The molecule has 0 amide bonds. The van der Waals surface area contributed by atoms with Crippen LogP contribution in [-0.2, 0) is 10.8 Å². The highest BCUT2D eigenvalue weighted by Crippen LogP contribution is 2.17. The van der Waals surface area contributed by atoms with E-state index in [4.69, 9.17) is 15.2 Å². The standard InChI is InChI=1S/C15H17NO3S/c1-18-13-4-6-14(7-5-13)19-10-11-20(17)15-8-2-12(16)3-9-15/h2-9H,10-11,16H2,1H3. The lowest BCUT2D eigenvalue weighted by molar-refractivity contribution is 0.341. The maximum Gasteiger partial charge on any atom is 0.119 e. The molecule has 0 radical (unpaired) electrons. The van der Waals surface area contributed by atoms with Gasteiger partial charge in [0.05, 0.1) is 23.7 Å². The number of ether oxygens (including phenoxy) is 2. The smallest absolute Gasteiger partial charge is 0.119 e. The van der Waals surface area contributed by atoms with Gasteiger partial charge in [0.25, 0.3) is 0 Å². The summed E-state index contributed by atoms with van der Waals surface area (Å²) in [6.07, 6.45) is 0. The molecule has 106 valence electrons. The van der Waals surface area contributed by atoms with Crippen molar-refractivity contribution in [3.63, 3.8) is 0 Å². The van der Waals surface area contributed by atoms with Crippen molar-refractivity contribution in [2.24, 2.45) is 0 Å². The number of nitrogen functional groups attached to an aromatic ring is 1. The van der Waals surface area contributed by atoms with E-state index in [1.54, 1.807) is 31.4 Å². The fraction of sp³-hybridized carbons (Fsp3) is 0.200. The molecule has 1 atom stereocenters. The molecule has 2 aromatic rings. The summed E-state index contributed by atoms with van der Waals surface area (Å²) in [5, 5.41) is 0.